The van der Waals surface area contributed by atoms with Gasteiger partial charge in [0, 0.05) is 36.7 Å². The minimum atomic E-state index is -1.07. The molecule has 0 heterocycles. The second-order valence-electron chi connectivity index (χ2n) is 8.49. The van der Waals surface area contributed by atoms with E-state index in [0.29, 0.717) is 11.1 Å². The van der Waals surface area contributed by atoms with Gasteiger partial charge in [0.2, 0.25) is 5.91 Å². The normalized spacial score (nSPS) is 10.9. The van der Waals surface area contributed by atoms with Gasteiger partial charge in [0.15, 0.2) is 0 Å². The standard InChI is InChI=1S/C31H25N3O4/c35-29(21-16-24-10-4-1-5-11-24)33(23-26-14-8-3-9-15-26)30(27-17-19-28(20-18-27)34(37)38)31(36)32-22-25-12-6-2-7-13-25/h1-15,17-20,30H,22-23H2,(H,32,36). The van der Waals surface area contributed by atoms with Crippen LogP contribution in [-0.4, -0.2) is 21.6 Å². The predicted octanol–water partition coefficient (Wildman–Crippen LogP) is 5.03. The van der Waals surface area contributed by atoms with E-state index in [0.717, 1.165) is 11.1 Å². The fourth-order valence-electron chi connectivity index (χ4n) is 3.91. The van der Waals surface area contributed by atoms with Crippen molar-refractivity contribution in [1.82, 2.24) is 10.2 Å². The van der Waals surface area contributed by atoms with Crippen molar-refractivity contribution in [2.75, 3.05) is 0 Å². The number of carbonyl (C=O) groups is 2. The van der Waals surface area contributed by atoms with Crippen LogP contribution in [0.4, 0.5) is 5.69 Å². The maximum Gasteiger partial charge on any atom is 0.300 e. The van der Waals surface area contributed by atoms with E-state index < -0.39 is 22.8 Å². The van der Waals surface area contributed by atoms with Crippen LogP contribution in [0, 0.1) is 22.0 Å². The van der Waals surface area contributed by atoms with Crippen LogP contribution in [0.25, 0.3) is 0 Å². The average Bonchev–Trinajstić information content (AvgIpc) is 2.96. The molecule has 7 nitrogen and oxygen atoms in total. The Hall–Kier alpha value is -5.22. The van der Waals surface area contributed by atoms with Gasteiger partial charge in [-0.1, -0.05) is 84.8 Å². The van der Waals surface area contributed by atoms with Gasteiger partial charge in [-0.05, 0) is 41.0 Å². The Labute approximate surface area is 220 Å². The van der Waals surface area contributed by atoms with Gasteiger partial charge in [-0.3, -0.25) is 19.7 Å². The van der Waals surface area contributed by atoms with Crippen molar-refractivity contribution in [3.8, 4) is 11.8 Å². The second-order valence-corrected chi connectivity index (χ2v) is 8.49. The van der Waals surface area contributed by atoms with Crippen LogP contribution in [0.5, 0.6) is 0 Å². The number of benzene rings is 4. The number of non-ortho nitro benzene ring substituents is 1. The summed E-state index contributed by atoms with van der Waals surface area (Å²) in [6.07, 6.45) is 0. The van der Waals surface area contributed by atoms with Crippen molar-refractivity contribution in [3.63, 3.8) is 0 Å². The van der Waals surface area contributed by atoms with Crippen molar-refractivity contribution in [3.05, 3.63) is 148 Å². The van der Waals surface area contributed by atoms with Gasteiger partial charge < -0.3 is 10.2 Å². The first-order valence-electron chi connectivity index (χ1n) is 12.0. The molecule has 0 bridgehead atoms. The van der Waals surface area contributed by atoms with Crippen molar-refractivity contribution in [2.45, 2.75) is 19.1 Å². The van der Waals surface area contributed by atoms with E-state index in [9.17, 15) is 19.7 Å². The fraction of sp³-hybridized carbons (Fsp3) is 0.0968. The summed E-state index contributed by atoms with van der Waals surface area (Å²) in [5.74, 6) is 4.58. The van der Waals surface area contributed by atoms with Crippen LogP contribution >= 0.6 is 0 Å². The minimum absolute atomic E-state index is 0.109. The third kappa shape index (κ3) is 6.93. The highest BCUT2D eigenvalue weighted by molar-refractivity contribution is 5.98. The summed E-state index contributed by atoms with van der Waals surface area (Å²) in [6, 6.07) is 32.4. The van der Waals surface area contributed by atoms with Crippen molar-refractivity contribution >= 4 is 17.5 Å². The lowest BCUT2D eigenvalue weighted by atomic mass is 10.0. The molecule has 188 valence electrons. The number of nitro groups is 1. The van der Waals surface area contributed by atoms with E-state index in [1.54, 1.807) is 12.1 Å². The molecule has 4 rings (SSSR count). The van der Waals surface area contributed by atoms with E-state index in [2.05, 4.69) is 17.2 Å². The lowest BCUT2D eigenvalue weighted by Crippen LogP contribution is -2.42. The predicted molar refractivity (Wildman–Crippen MR) is 144 cm³/mol. The second kappa shape index (κ2) is 12.7. The number of hydrogen-bond acceptors (Lipinski definition) is 4. The summed E-state index contributed by atoms with van der Waals surface area (Å²) in [5, 5.41) is 14.1. The number of nitrogens with one attached hydrogen (secondary N) is 1. The highest BCUT2D eigenvalue weighted by Crippen LogP contribution is 2.26. The summed E-state index contributed by atoms with van der Waals surface area (Å²) in [6.45, 7) is 0.371. The Morgan fingerprint density at radius 2 is 1.34 bits per heavy atom. The third-order valence-electron chi connectivity index (χ3n) is 5.83. The van der Waals surface area contributed by atoms with E-state index in [-0.39, 0.29) is 18.8 Å². The van der Waals surface area contributed by atoms with Gasteiger partial charge in [0.1, 0.15) is 6.04 Å². The van der Waals surface area contributed by atoms with Crippen LogP contribution in [0.15, 0.2) is 115 Å². The maximum atomic E-state index is 13.7. The first-order valence-corrected chi connectivity index (χ1v) is 12.0. The van der Waals surface area contributed by atoms with E-state index in [4.69, 9.17) is 0 Å². The Kier molecular flexibility index (Phi) is 8.61. The zero-order chi connectivity index (χ0) is 26.7. The molecule has 0 radical (unpaired) electrons. The number of nitro benzene ring substituents is 1. The van der Waals surface area contributed by atoms with E-state index in [1.807, 2.05) is 78.9 Å². The van der Waals surface area contributed by atoms with Crippen LogP contribution in [0.1, 0.15) is 28.3 Å². The number of hydrogen-bond donors (Lipinski definition) is 1. The molecule has 0 saturated heterocycles. The molecule has 0 aliphatic rings. The zero-order valence-corrected chi connectivity index (χ0v) is 20.5. The molecule has 38 heavy (non-hydrogen) atoms. The van der Waals surface area contributed by atoms with Crippen LogP contribution in [0.2, 0.25) is 0 Å². The molecule has 0 spiro atoms. The summed E-state index contributed by atoms with van der Waals surface area (Å²) in [5.41, 5.74) is 2.70. The third-order valence-corrected chi connectivity index (χ3v) is 5.83. The Bertz CT molecular complexity index is 1450. The SMILES string of the molecule is O=C(NCc1ccccc1)C(c1ccc([N+](=O)[O-])cc1)N(Cc1ccccc1)C(=O)C#Cc1ccccc1. The molecule has 0 aliphatic heterocycles. The molecule has 1 N–H and O–H groups in total. The molecule has 1 unspecified atom stereocenters. The van der Waals surface area contributed by atoms with Gasteiger partial charge in [0.05, 0.1) is 4.92 Å². The smallest absolute Gasteiger partial charge is 0.300 e. The first kappa shape index (κ1) is 25.9. The molecule has 4 aromatic rings. The van der Waals surface area contributed by atoms with Gasteiger partial charge in [-0.15, -0.1) is 0 Å². The molecule has 0 fully saturated rings. The highest BCUT2D eigenvalue weighted by atomic mass is 16.6. The van der Waals surface area contributed by atoms with Crippen molar-refractivity contribution in [2.24, 2.45) is 0 Å². The summed E-state index contributed by atoms with van der Waals surface area (Å²) in [7, 11) is 0. The molecule has 7 heteroatoms. The number of nitrogens with zero attached hydrogens (tertiary/aromatic N) is 2. The van der Waals surface area contributed by atoms with Crippen LogP contribution < -0.4 is 5.32 Å². The van der Waals surface area contributed by atoms with Gasteiger partial charge in [-0.25, -0.2) is 0 Å². The van der Waals surface area contributed by atoms with Crippen LogP contribution in [-0.2, 0) is 22.7 Å². The monoisotopic (exact) mass is 503 g/mol. The molecule has 4 aromatic carbocycles. The van der Waals surface area contributed by atoms with Gasteiger partial charge in [-0.2, -0.15) is 0 Å². The Morgan fingerprint density at radius 1 is 0.789 bits per heavy atom. The molecule has 2 amide bonds. The number of amides is 2. The van der Waals surface area contributed by atoms with Gasteiger partial charge >= 0.3 is 0 Å². The lowest BCUT2D eigenvalue weighted by Gasteiger charge is -2.30. The molecule has 0 aliphatic carbocycles. The quantitative estimate of drug-likeness (QED) is 0.207. The zero-order valence-electron chi connectivity index (χ0n) is 20.5. The van der Waals surface area contributed by atoms with Gasteiger partial charge in [0.25, 0.3) is 11.6 Å². The topological polar surface area (TPSA) is 92.5 Å². The number of rotatable bonds is 8. The molecule has 0 aromatic heterocycles. The van der Waals surface area contributed by atoms with E-state index >= 15 is 0 Å². The first-order chi connectivity index (χ1) is 18.5. The molecular formula is C31H25N3O4. The van der Waals surface area contributed by atoms with E-state index in [1.165, 1.54) is 29.2 Å². The maximum absolute atomic E-state index is 13.7. The largest absolute Gasteiger partial charge is 0.350 e. The summed E-state index contributed by atoms with van der Waals surface area (Å²) >= 11 is 0. The molecule has 0 saturated carbocycles. The minimum Gasteiger partial charge on any atom is -0.350 e. The summed E-state index contributed by atoms with van der Waals surface area (Å²) in [4.78, 5) is 39.3. The van der Waals surface area contributed by atoms with Crippen LogP contribution in [0.3, 0.4) is 0 Å². The fourth-order valence-corrected chi connectivity index (χ4v) is 3.91. The molecule has 1 atom stereocenters. The average molecular weight is 504 g/mol. The number of carbonyl (C=O) groups excluding carboxylic acids is 2. The molecular weight excluding hydrogens is 478 g/mol. The Morgan fingerprint density at radius 3 is 1.92 bits per heavy atom. The summed E-state index contributed by atoms with van der Waals surface area (Å²) < 4.78 is 0. The van der Waals surface area contributed by atoms with Crippen molar-refractivity contribution < 1.29 is 14.5 Å². The Balaban J connectivity index is 1.72. The lowest BCUT2D eigenvalue weighted by molar-refractivity contribution is -0.384. The highest BCUT2D eigenvalue weighted by Gasteiger charge is 2.31. The van der Waals surface area contributed by atoms with Crippen molar-refractivity contribution in [1.29, 1.82) is 0 Å².